The standard InChI is InChI=1S/C17H19BrN4/c1-3-4-5-12-6-8-13(9-7-12)22-20-14-10-11(2)16(19)15(18)17(14)21-22/h6-10H,3-5,19H2,1-2H3. The Balaban J connectivity index is 1.98. The number of nitrogens with zero attached hydrogens (tertiary/aromatic N) is 3. The SMILES string of the molecule is CCCCc1ccc(-n2nc3cc(C)c(N)c(Br)c3n2)cc1. The van der Waals surface area contributed by atoms with Gasteiger partial charge in [-0.15, -0.1) is 10.2 Å². The second kappa shape index (κ2) is 6.08. The number of fused-ring (bicyclic) bond motifs is 1. The molecule has 22 heavy (non-hydrogen) atoms. The lowest BCUT2D eigenvalue weighted by atomic mass is 10.1. The second-order valence-corrected chi connectivity index (χ2v) is 6.34. The average Bonchev–Trinajstić information content (AvgIpc) is 2.95. The van der Waals surface area contributed by atoms with E-state index in [1.807, 2.05) is 13.0 Å². The first-order valence-electron chi connectivity index (χ1n) is 7.51. The maximum absolute atomic E-state index is 6.04. The van der Waals surface area contributed by atoms with Gasteiger partial charge in [0.25, 0.3) is 0 Å². The Kier molecular flexibility index (Phi) is 4.16. The monoisotopic (exact) mass is 358 g/mol. The first kappa shape index (κ1) is 15.0. The van der Waals surface area contributed by atoms with Crippen LogP contribution in [0.25, 0.3) is 16.7 Å². The van der Waals surface area contributed by atoms with E-state index >= 15 is 0 Å². The molecule has 0 fully saturated rings. The normalized spacial score (nSPS) is 11.2. The smallest absolute Gasteiger partial charge is 0.129 e. The Labute approximate surface area is 138 Å². The zero-order valence-corrected chi connectivity index (χ0v) is 14.4. The van der Waals surface area contributed by atoms with Crippen molar-refractivity contribution < 1.29 is 0 Å². The molecule has 0 aliphatic rings. The molecule has 2 N–H and O–H groups in total. The van der Waals surface area contributed by atoms with Crippen LogP contribution in [-0.2, 0) is 6.42 Å². The molecular formula is C17H19BrN4. The van der Waals surface area contributed by atoms with E-state index < -0.39 is 0 Å². The van der Waals surface area contributed by atoms with Crippen LogP contribution < -0.4 is 5.73 Å². The predicted molar refractivity (Wildman–Crippen MR) is 94.3 cm³/mol. The Morgan fingerprint density at radius 2 is 1.91 bits per heavy atom. The van der Waals surface area contributed by atoms with Crippen molar-refractivity contribution in [3.63, 3.8) is 0 Å². The summed E-state index contributed by atoms with van der Waals surface area (Å²) in [4.78, 5) is 1.66. The van der Waals surface area contributed by atoms with Crippen molar-refractivity contribution in [3.8, 4) is 5.69 Å². The van der Waals surface area contributed by atoms with Gasteiger partial charge in [0.2, 0.25) is 0 Å². The molecule has 0 spiro atoms. The molecule has 0 amide bonds. The summed E-state index contributed by atoms with van der Waals surface area (Å²) in [5, 5.41) is 9.11. The summed E-state index contributed by atoms with van der Waals surface area (Å²) in [7, 11) is 0. The Morgan fingerprint density at radius 3 is 2.59 bits per heavy atom. The molecule has 0 atom stereocenters. The quantitative estimate of drug-likeness (QED) is 0.702. The van der Waals surface area contributed by atoms with E-state index in [9.17, 15) is 0 Å². The number of anilines is 1. The third-order valence-electron chi connectivity index (χ3n) is 3.85. The van der Waals surface area contributed by atoms with Gasteiger partial charge < -0.3 is 5.73 Å². The topological polar surface area (TPSA) is 56.7 Å². The van der Waals surface area contributed by atoms with Gasteiger partial charge in [0.15, 0.2) is 0 Å². The fourth-order valence-electron chi connectivity index (χ4n) is 2.45. The molecule has 0 aliphatic carbocycles. The van der Waals surface area contributed by atoms with Gasteiger partial charge in [0, 0.05) is 0 Å². The Morgan fingerprint density at radius 1 is 1.18 bits per heavy atom. The molecule has 0 aliphatic heterocycles. The highest BCUT2D eigenvalue weighted by molar-refractivity contribution is 9.10. The number of hydrogen-bond acceptors (Lipinski definition) is 3. The van der Waals surface area contributed by atoms with Crippen molar-refractivity contribution >= 4 is 32.7 Å². The largest absolute Gasteiger partial charge is 0.398 e. The summed E-state index contributed by atoms with van der Waals surface area (Å²) in [5.41, 5.74) is 11.7. The minimum Gasteiger partial charge on any atom is -0.398 e. The zero-order valence-electron chi connectivity index (χ0n) is 12.8. The molecule has 0 saturated heterocycles. The fraction of sp³-hybridized carbons (Fsp3) is 0.294. The highest BCUT2D eigenvalue weighted by atomic mass is 79.9. The molecule has 114 valence electrons. The van der Waals surface area contributed by atoms with E-state index in [2.05, 4.69) is 57.3 Å². The average molecular weight is 359 g/mol. The van der Waals surface area contributed by atoms with Crippen LogP contribution in [0.1, 0.15) is 30.9 Å². The van der Waals surface area contributed by atoms with Crippen LogP contribution in [-0.4, -0.2) is 15.0 Å². The minimum absolute atomic E-state index is 0.717. The van der Waals surface area contributed by atoms with E-state index in [-0.39, 0.29) is 0 Å². The molecule has 0 bridgehead atoms. The number of aryl methyl sites for hydroxylation is 2. The van der Waals surface area contributed by atoms with E-state index in [1.165, 1.54) is 18.4 Å². The van der Waals surface area contributed by atoms with Crippen molar-refractivity contribution in [2.45, 2.75) is 33.1 Å². The number of hydrogen-bond donors (Lipinski definition) is 1. The maximum atomic E-state index is 6.04. The first-order valence-corrected chi connectivity index (χ1v) is 8.30. The zero-order chi connectivity index (χ0) is 15.7. The van der Waals surface area contributed by atoms with E-state index in [0.717, 1.165) is 38.9 Å². The highest BCUT2D eigenvalue weighted by Crippen LogP contribution is 2.30. The van der Waals surface area contributed by atoms with Crippen molar-refractivity contribution in [2.75, 3.05) is 5.73 Å². The number of halogens is 1. The molecule has 0 radical (unpaired) electrons. The summed E-state index contributed by atoms with van der Waals surface area (Å²) in [6.45, 7) is 4.18. The third-order valence-corrected chi connectivity index (χ3v) is 4.65. The van der Waals surface area contributed by atoms with Crippen LogP contribution >= 0.6 is 15.9 Å². The molecule has 3 rings (SSSR count). The molecule has 2 aromatic carbocycles. The molecule has 1 aromatic heterocycles. The van der Waals surface area contributed by atoms with Crippen LogP contribution in [0.2, 0.25) is 0 Å². The molecule has 1 heterocycles. The molecule has 3 aromatic rings. The third kappa shape index (κ3) is 2.73. The summed E-state index contributed by atoms with van der Waals surface area (Å²) >= 11 is 3.52. The number of nitrogens with two attached hydrogens (primary N) is 1. The van der Waals surface area contributed by atoms with Gasteiger partial charge in [0.1, 0.15) is 11.0 Å². The molecular weight excluding hydrogens is 340 g/mol. The van der Waals surface area contributed by atoms with Crippen LogP contribution in [0.3, 0.4) is 0 Å². The van der Waals surface area contributed by atoms with Gasteiger partial charge in [-0.05, 0) is 65.0 Å². The van der Waals surface area contributed by atoms with Crippen molar-refractivity contribution in [2.24, 2.45) is 0 Å². The molecule has 0 saturated carbocycles. The van der Waals surface area contributed by atoms with Crippen molar-refractivity contribution in [1.29, 1.82) is 0 Å². The van der Waals surface area contributed by atoms with Gasteiger partial charge in [-0.25, -0.2) is 0 Å². The fourth-order valence-corrected chi connectivity index (χ4v) is 3.04. The number of nitrogen functional groups attached to an aromatic ring is 1. The predicted octanol–water partition coefficient (Wildman–Crippen LogP) is 4.42. The summed E-state index contributed by atoms with van der Waals surface area (Å²) in [5.74, 6) is 0. The summed E-state index contributed by atoms with van der Waals surface area (Å²) < 4.78 is 0.813. The lowest BCUT2D eigenvalue weighted by Crippen LogP contribution is -1.98. The van der Waals surface area contributed by atoms with Crippen LogP contribution in [0.15, 0.2) is 34.8 Å². The van der Waals surface area contributed by atoms with Gasteiger partial charge in [-0.3, -0.25) is 0 Å². The molecule has 4 nitrogen and oxygen atoms in total. The number of aromatic nitrogens is 3. The maximum Gasteiger partial charge on any atom is 0.129 e. The van der Waals surface area contributed by atoms with Crippen LogP contribution in [0.5, 0.6) is 0 Å². The van der Waals surface area contributed by atoms with Gasteiger partial charge in [-0.1, -0.05) is 25.5 Å². The van der Waals surface area contributed by atoms with Crippen molar-refractivity contribution in [3.05, 3.63) is 45.9 Å². The Hall–Kier alpha value is -1.88. The summed E-state index contributed by atoms with van der Waals surface area (Å²) in [6, 6.07) is 10.4. The number of unbranched alkanes of at least 4 members (excludes halogenated alkanes) is 1. The first-order chi connectivity index (χ1) is 10.6. The second-order valence-electron chi connectivity index (χ2n) is 5.55. The minimum atomic E-state index is 0.717. The molecule has 5 heteroatoms. The van der Waals surface area contributed by atoms with E-state index in [1.54, 1.807) is 4.80 Å². The van der Waals surface area contributed by atoms with Crippen molar-refractivity contribution in [1.82, 2.24) is 15.0 Å². The van der Waals surface area contributed by atoms with E-state index in [0.29, 0.717) is 0 Å². The molecule has 0 unspecified atom stereocenters. The highest BCUT2D eigenvalue weighted by Gasteiger charge is 2.12. The van der Waals surface area contributed by atoms with Crippen LogP contribution in [0, 0.1) is 6.92 Å². The summed E-state index contributed by atoms with van der Waals surface area (Å²) in [6.07, 6.45) is 3.55. The Bertz CT molecular complexity index is 806. The van der Waals surface area contributed by atoms with Crippen LogP contribution in [0.4, 0.5) is 5.69 Å². The van der Waals surface area contributed by atoms with Gasteiger partial charge in [-0.2, -0.15) is 4.80 Å². The lowest BCUT2D eigenvalue weighted by Gasteiger charge is -2.02. The lowest BCUT2D eigenvalue weighted by molar-refractivity contribution is 0.762. The van der Waals surface area contributed by atoms with E-state index in [4.69, 9.17) is 5.73 Å². The van der Waals surface area contributed by atoms with Gasteiger partial charge >= 0.3 is 0 Å². The number of rotatable bonds is 4. The number of benzene rings is 2. The van der Waals surface area contributed by atoms with Gasteiger partial charge in [0.05, 0.1) is 15.8 Å².